The number of aromatic nitrogens is 1. The number of benzene rings is 2. The molecule has 1 heterocycles. The number of anilines is 1. The maximum Gasteiger partial charge on any atom is 0.285 e. The molecule has 11 heteroatoms. The van der Waals surface area contributed by atoms with Crippen molar-refractivity contribution in [2.45, 2.75) is 0 Å². The van der Waals surface area contributed by atoms with Crippen LogP contribution in [0.5, 0.6) is 11.6 Å². The van der Waals surface area contributed by atoms with Crippen LogP contribution in [-0.4, -0.2) is 43.9 Å². The number of aromatic hydroxyl groups is 1. The lowest BCUT2D eigenvalue weighted by Crippen LogP contribution is -2.34. The van der Waals surface area contributed by atoms with Crippen LogP contribution in [0.3, 0.4) is 0 Å². The van der Waals surface area contributed by atoms with Crippen molar-refractivity contribution in [1.82, 2.24) is 4.57 Å². The molecule has 0 radical (unpaired) electrons. The van der Waals surface area contributed by atoms with E-state index in [1.54, 1.807) is 31.3 Å². The third kappa shape index (κ3) is 4.24. The van der Waals surface area contributed by atoms with Gasteiger partial charge >= 0.3 is 0 Å². The molecule has 0 saturated carbocycles. The summed E-state index contributed by atoms with van der Waals surface area (Å²) >= 11 is 5.99. The Labute approximate surface area is 178 Å². The molecule has 0 spiro atoms. The predicted octanol–water partition coefficient (Wildman–Crippen LogP) is 3.62. The molecule has 1 amide bonds. The molecule has 0 unspecified atom stereocenters. The van der Waals surface area contributed by atoms with Gasteiger partial charge in [-0.1, -0.05) is 29.8 Å². The van der Waals surface area contributed by atoms with Crippen LogP contribution in [-0.2, 0) is 21.9 Å². The Bertz CT molecular complexity index is 1250. The molecule has 2 aromatic carbocycles. The molecule has 0 aliphatic rings. The van der Waals surface area contributed by atoms with E-state index in [1.165, 1.54) is 29.9 Å². The van der Waals surface area contributed by atoms with Crippen molar-refractivity contribution >= 4 is 49.8 Å². The van der Waals surface area contributed by atoms with E-state index in [9.17, 15) is 18.3 Å². The molecule has 30 heavy (non-hydrogen) atoms. The van der Waals surface area contributed by atoms with E-state index < -0.39 is 22.5 Å². The molecular formula is C19H19ClN4O5S. The first-order chi connectivity index (χ1) is 14.1. The average molecular weight is 451 g/mol. The van der Waals surface area contributed by atoms with Crippen molar-refractivity contribution in [2.24, 2.45) is 17.3 Å². The van der Waals surface area contributed by atoms with E-state index in [1.807, 2.05) is 0 Å². The zero-order chi connectivity index (χ0) is 22.1. The second-order valence-electron chi connectivity index (χ2n) is 6.43. The fourth-order valence-corrected chi connectivity index (χ4v) is 3.97. The van der Waals surface area contributed by atoms with Crippen LogP contribution < -0.4 is 9.04 Å². The Kier molecular flexibility index (Phi) is 5.99. The molecule has 3 aromatic rings. The fourth-order valence-electron chi connectivity index (χ4n) is 2.96. The zero-order valence-electron chi connectivity index (χ0n) is 16.4. The monoisotopic (exact) mass is 450 g/mol. The Morgan fingerprint density at radius 2 is 1.97 bits per heavy atom. The molecule has 0 bridgehead atoms. The molecule has 0 aliphatic carbocycles. The maximum absolute atomic E-state index is 12.5. The lowest BCUT2D eigenvalue weighted by atomic mass is 10.2. The number of fused-ring (bicyclic) bond motifs is 1. The summed E-state index contributed by atoms with van der Waals surface area (Å²) in [6.07, 6.45) is 0.953. The number of hydrogen-bond acceptors (Lipinski definition) is 6. The van der Waals surface area contributed by atoms with Gasteiger partial charge in [0.1, 0.15) is 12.3 Å². The van der Waals surface area contributed by atoms with E-state index >= 15 is 0 Å². The summed E-state index contributed by atoms with van der Waals surface area (Å²) in [6.45, 7) is -0.620. The fraction of sp³-hybridized carbons (Fsp3) is 0.211. The smallest absolute Gasteiger partial charge is 0.285 e. The number of azo groups is 1. The first-order valence-electron chi connectivity index (χ1n) is 8.65. The van der Waals surface area contributed by atoms with Crippen molar-refractivity contribution < 1.29 is 23.1 Å². The van der Waals surface area contributed by atoms with E-state index in [0.717, 1.165) is 10.6 Å². The van der Waals surface area contributed by atoms with E-state index in [2.05, 4.69) is 10.2 Å². The van der Waals surface area contributed by atoms with Crippen molar-refractivity contribution in [2.75, 3.05) is 24.2 Å². The summed E-state index contributed by atoms with van der Waals surface area (Å²) in [7, 11) is -0.844. The third-order valence-electron chi connectivity index (χ3n) is 4.40. The van der Waals surface area contributed by atoms with Gasteiger partial charge in [-0.2, -0.15) is 0 Å². The Morgan fingerprint density at radius 1 is 1.27 bits per heavy atom. The number of nitrogens with zero attached hydrogens (tertiary/aromatic N) is 4. The zero-order valence-corrected chi connectivity index (χ0v) is 18.0. The number of para-hydroxylation sites is 1. The van der Waals surface area contributed by atoms with Crippen LogP contribution >= 0.6 is 11.6 Å². The first kappa shape index (κ1) is 21.6. The highest BCUT2D eigenvalue weighted by molar-refractivity contribution is 7.92. The van der Waals surface area contributed by atoms with Crippen molar-refractivity contribution in [1.29, 1.82) is 0 Å². The van der Waals surface area contributed by atoms with Crippen molar-refractivity contribution in [3.8, 4) is 11.6 Å². The Morgan fingerprint density at radius 3 is 2.63 bits per heavy atom. The Balaban J connectivity index is 1.94. The van der Waals surface area contributed by atoms with Crippen molar-refractivity contribution in [3.63, 3.8) is 0 Å². The summed E-state index contributed by atoms with van der Waals surface area (Å²) in [5, 5.41) is 18.6. The second kappa shape index (κ2) is 8.33. The number of halogens is 1. The minimum atomic E-state index is -3.87. The van der Waals surface area contributed by atoms with Crippen LogP contribution in [0.2, 0.25) is 5.02 Å². The van der Waals surface area contributed by atoms with E-state index in [-0.39, 0.29) is 28.0 Å². The molecule has 158 valence electrons. The number of hydrogen-bond donors (Lipinski definition) is 1. The number of carbonyl (C=O) groups excluding carboxylic acids is 1. The van der Waals surface area contributed by atoms with Crippen LogP contribution in [0.15, 0.2) is 52.7 Å². The second-order valence-corrected chi connectivity index (χ2v) is 8.77. The first-order valence-corrected chi connectivity index (χ1v) is 10.9. The summed E-state index contributed by atoms with van der Waals surface area (Å²) in [5.41, 5.74) is 0.926. The summed E-state index contributed by atoms with van der Waals surface area (Å²) < 4.78 is 32.2. The highest BCUT2D eigenvalue weighted by Gasteiger charge is 2.24. The number of amides is 1. The van der Waals surface area contributed by atoms with Crippen LogP contribution in [0.4, 0.5) is 11.4 Å². The number of methoxy groups -OCH3 is 1. The van der Waals surface area contributed by atoms with E-state index in [0.29, 0.717) is 10.9 Å². The number of rotatable bonds is 6. The molecule has 0 aliphatic heterocycles. The minimum Gasteiger partial charge on any atom is -0.495 e. The molecule has 1 N–H and O–H groups in total. The van der Waals surface area contributed by atoms with Gasteiger partial charge in [0.15, 0.2) is 5.69 Å². The van der Waals surface area contributed by atoms with Gasteiger partial charge in [0.05, 0.1) is 24.6 Å². The molecule has 0 saturated heterocycles. The van der Waals surface area contributed by atoms with Crippen LogP contribution in [0.25, 0.3) is 10.9 Å². The molecular weight excluding hydrogens is 432 g/mol. The van der Waals surface area contributed by atoms with Gasteiger partial charge in [-0.15, -0.1) is 10.2 Å². The summed E-state index contributed by atoms with van der Waals surface area (Å²) in [4.78, 5) is 12.5. The summed E-state index contributed by atoms with van der Waals surface area (Å²) in [6, 6.07) is 11.5. The quantitative estimate of drug-likeness (QED) is 0.576. The van der Waals surface area contributed by atoms with Gasteiger partial charge in [0.2, 0.25) is 15.9 Å². The number of aryl methyl sites for hydroxylation is 1. The molecule has 3 rings (SSSR count). The lowest BCUT2D eigenvalue weighted by Gasteiger charge is -2.22. The van der Waals surface area contributed by atoms with Crippen LogP contribution in [0.1, 0.15) is 0 Å². The van der Waals surface area contributed by atoms with Gasteiger partial charge in [-0.3, -0.25) is 9.10 Å². The summed E-state index contributed by atoms with van der Waals surface area (Å²) in [5.74, 6) is -0.778. The standard InChI is InChI=1S/C19H19ClN4O5S/c1-23-14-7-5-4-6-13(14)18(19(23)26)22-21-17(25)11-24(30(3,27)28)15-10-12(20)8-9-16(15)29-2/h4-10,26H,11H2,1-3H3. The van der Waals surface area contributed by atoms with Crippen LogP contribution in [0, 0.1) is 0 Å². The maximum atomic E-state index is 12.5. The van der Waals surface area contributed by atoms with Crippen molar-refractivity contribution in [3.05, 3.63) is 47.5 Å². The van der Waals surface area contributed by atoms with Gasteiger partial charge in [0, 0.05) is 17.5 Å². The third-order valence-corrected chi connectivity index (χ3v) is 5.76. The number of carbonyl (C=O) groups is 1. The number of ether oxygens (including phenoxy) is 1. The minimum absolute atomic E-state index is 0.101. The Hall–Kier alpha value is -3.11. The largest absolute Gasteiger partial charge is 0.495 e. The molecule has 0 atom stereocenters. The predicted molar refractivity (Wildman–Crippen MR) is 114 cm³/mol. The highest BCUT2D eigenvalue weighted by Crippen LogP contribution is 2.38. The molecule has 1 aromatic heterocycles. The SMILES string of the molecule is COc1ccc(Cl)cc1N(CC(=O)N=Nc1c(O)n(C)c2ccccc12)S(C)(=O)=O. The molecule has 9 nitrogen and oxygen atoms in total. The average Bonchev–Trinajstić information content (AvgIpc) is 2.94. The van der Waals surface area contributed by atoms with Gasteiger partial charge in [0.25, 0.3) is 5.91 Å². The normalized spacial score (nSPS) is 11.9. The highest BCUT2D eigenvalue weighted by atomic mass is 35.5. The van der Waals surface area contributed by atoms with E-state index in [4.69, 9.17) is 16.3 Å². The molecule has 0 fully saturated rings. The lowest BCUT2D eigenvalue weighted by molar-refractivity contribution is -0.116. The topological polar surface area (TPSA) is 114 Å². The van der Waals surface area contributed by atoms with Gasteiger partial charge in [-0.05, 0) is 24.3 Å². The van der Waals surface area contributed by atoms with Gasteiger partial charge < -0.3 is 14.4 Å². The van der Waals surface area contributed by atoms with Gasteiger partial charge in [-0.25, -0.2) is 8.42 Å². The number of sulfonamides is 1.